The summed E-state index contributed by atoms with van der Waals surface area (Å²) in [5.41, 5.74) is -1.21. The van der Waals surface area contributed by atoms with Gasteiger partial charge in [-0.2, -0.15) is 5.26 Å². The molecule has 0 aromatic heterocycles. The van der Waals surface area contributed by atoms with Gasteiger partial charge in [-0.3, -0.25) is 14.4 Å². The number of nitriles is 1. The molecule has 2 amide bonds. The smallest absolute Gasteiger partial charge is 0.325 e. The molecule has 2 N–H and O–H groups in total. The van der Waals surface area contributed by atoms with Gasteiger partial charge < -0.3 is 15.4 Å². The predicted octanol–water partition coefficient (Wildman–Crippen LogP) is -0.670. The third kappa shape index (κ3) is 4.82. The van der Waals surface area contributed by atoms with Crippen LogP contribution in [-0.2, 0) is 19.1 Å². The van der Waals surface area contributed by atoms with E-state index in [-0.39, 0.29) is 6.54 Å². The van der Waals surface area contributed by atoms with Crippen molar-refractivity contribution < 1.29 is 19.1 Å². The number of esters is 1. The number of carbonyl (C=O) groups is 3. The van der Waals surface area contributed by atoms with Crippen LogP contribution >= 0.6 is 0 Å². The molecule has 7 heteroatoms. The molecule has 0 spiro atoms. The highest BCUT2D eigenvalue weighted by Gasteiger charge is 2.29. The maximum Gasteiger partial charge on any atom is 0.325 e. The van der Waals surface area contributed by atoms with Crippen LogP contribution in [0.25, 0.3) is 0 Å². The van der Waals surface area contributed by atoms with E-state index in [0.29, 0.717) is 0 Å². The third-order valence-corrected chi connectivity index (χ3v) is 2.22. The van der Waals surface area contributed by atoms with Crippen LogP contribution < -0.4 is 10.6 Å². The summed E-state index contributed by atoms with van der Waals surface area (Å²) in [7, 11) is 1.20. The summed E-state index contributed by atoms with van der Waals surface area (Å²) in [5.74, 6) is -1.66. The number of hydrogen-bond donors (Lipinski definition) is 2. The van der Waals surface area contributed by atoms with Gasteiger partial charge in [0, 0.05) is 0 Å². The van der Waals surface area contributed by atoms with E-state index in [9.17, 15) is 14.4 Å². The molecule has 0 rings (SSSR count). The molecule has 0 fully saturated rings. The number of nitrogens with zero attached hydrogens (tertiary/aromatic N) is 1. The van der Waals surface area contributed by atoms with Gasteiger partial charge >= 0.3 is 5.97 Å². The van der Waals surface area contributed by atoms with Crippen molar-refractivity contribution in [3.05, 3.63) is 0 Å². The van der Waals surface area contributed by atoms with Crippen molar-refractivity contribution in [3.63, 3.8) is 0 Å². The zero-order chi connectivity index (χ0) is 14.3. The van der Waals surface area contributed by atoms with Gasteiger partial charge in [0.2, 0.25) is 11.8 Å². The first-order valence-electron chi connectivity index (χ1n) is 5.31. The van der Waals surface area contributed by atoms with E-state index in [2.05, 4.69) is 15.4 Å². The Morgan fingerprint density at radius 2 is 1.94 bits per heavy atom. The Labute approximate surface area is 105 Å². The van der Waals surface area contributed by atoms with Gasteiger partial charge in [0.25, 0.3) is 0 Å². The number of amides is 2. The lowest BCUT2D eigenvalue weighted by Gasteiger charge is -2.19. The van der Waals surface area contributed by atoms with E-state index in [1.54, 1.807) is 0 Å². The van der Waals surface area contributed by atoms with Crippen molar-refractivity contribution >= 4 is 17.8 Å². The Hall–Kier alpha value is -2.10. The maximum atomic E-state index is 11.6. The van der Waals surface area contributed by atoms with Crippen LogP contribution in [0, 0.1) is 16.7 Å². The van der Waals surface area contributed by atoms with E-state index < -0.39 is 29.2 Å². The molecule has 0 aromatic rings. The lowest BCUT2D eigenvalue weighted by atomic mass is 9.94. The minimum Gasteiger partial charge on any atom is -0.468 e. The van der Waals surface area contributed by atoms with Crippen LogP contribution in [0.15, 0.2) is 0 Å². The van der Waals surface area contributed by atoms with E-state index >= 15 is 0 Å². The summed E-state index contributed by atoms with van der Waals surface area (Å²) in [4.78, 5) is 33.9. The van der Waals surface area contributed by atoms with E-state index in [1.165, 1.54) is 27.9 Å². The molecule has 0 saturated carbocycles. The standard InChI is InChI=1S/C11H17N3O4/c1-7(9(16)13-5-8(15)18-4)14-10(17)11(2,3)6-12/h7H,5H2,1-4H3,(H,13,16)(H,14,17)/t7-/m1/s1. The number of rotatable bonds is 5. The van der Waals surface area contributed by atoms with Gasteiger partial charge in [-0.25, -0.2) is 0 Å². The van der Waals surface area contributed by atoms with E-state index in [0.717, 1.165) is 0 Å². The largest absolute Gasteiger partial charge is 0.468 e. The molecule has 0 heterocycles. The quantitative estimate of drug-likeness (QED) is 0.633. The van der Waals surface area contributed by atoms with Crippen LogP contribution in [0.2, 0.25) is 0 Å². The molecular formula is C11H17N3O4. The Kier molecular flexibility index (Phi) is 5.82. The molecule has 0 unspecified atom stereocenters. The second-order valence-electron chi connectivity index (χ2n) is 4.23. The molecule has 0 radical (unpaired) electrons. The second kappa shape index (κ2) is 6.59. The molecular weight excluding hydrogens is 238 g/mol. The van der Waals surface area contributed by atoms with Gasteiger partial charge in [0.1, 0.15) is 18.0 Å². The normalized spacial score (nSPS) is 11.9. The Morgan fingerprint density at radius 1 is 1.39 bits per heavy atom. The van der Waals surface area contributed by atoms with E-state index in [1.807, 2.05) is 6.07 Å². The Balaban J connectivity index is 4.30. The van der Waals surface area contributed by atoms with Crippen molar-refractivity contribution in [2.75, 3.05) is 13.7 Å². The highest BCUT2D eigenvalue weighted by molar-refractivity contribution is 5.91. The fourth-order valence-corrected chi connectivity index (χ4v) is 0.878. The molecule has 0 aromatic carbocycles. The minimum atomic E-state index is -1.21. The second-order valence-corrected chi connectivity index (χ2v) is 4.23. The summed E-state index contributed by atoms with van der Waals surface area (Å²) in [5, 5.41) is 13.4. The van der Waals surface area contributed by atoms with Crippen LogP contribution in [0.5, 0.6) is 0 Å². The fourth-order valence-electron chi connectivity index (χ4n) is 0.878. The van der Waals surface area contributed by atoms with Crippen molar-refractivity contribution in [3.8, 4) is 6.07 Å². The number of ether oxygens (including phenoxy) is 1. The Bertz CT molecular complexity index is 384. The number of carbonyl (C=O) groups excluding carboxylic acids is 3. The Morgan fingerprint density at radius 3 is 2.39 bits per heavy atom. The number of nitrogens with one attached hydrogen (secondary N) is 2. The van der Waals surface area contributed by atoms with Crippen molar-refractivity contribution in [2.24, 2.45) is 5.41 Å². The van der Waals surface area contributed by atoms with Gasteiger partial charge in [-0.1, -0.05) is 0 Å². The molecule has 18 heavy (non-hydrogen) atoms. The summed E-state index contributed by atoms with van der Waals surface area (Å²) in [6, 6.07) is 0.989. The molecule has 0 aliphatic carbocycles. The monoisotopic (exact) mass is 255 g/mol. The zero-order valence-corrected chi connectivity index (χ0v) is 10.9. The molecule has 0 aliphatic heterocycles. The van der Waals surface area contributed by atoms with Crippen molar-refractivity contribution in [1.82, 2.24) is 10.6 Å². The van der Waals surface area contributed by atoms with Gasteiger partial charge in [0.15, 0.2) is 0 Å². The van der Waals surface area contributed by atoms with Crippen LogP contribution in [-0.4, -0.2) is 37.5 Å². The average Bonchev–Trinajstić information content (AvgIpc) is 2.34. The highest BCUT2D eigenvalue weighted by atomic mass is 16.5. The lowest BCUT2D eigenvalue weighted by molar-refractivity contribution is -0.141. The zero-order valence-electron chi connectivity index (χ0n) is 10.9. The summed E-state index contributed by atoms with van der Waals surface area (Å²) >= 11 is 0. The third-order valence-electron chi connectivity index (χ3n) is 2.22. The summed E-state index contributed by atoms with van der Waals surface area (Å²) < 4.78 is 4.35. The number of hydrogen-bond acceptors (Lipinski definition) is 5. The van der Waals surface area contributed by atoms with Crippen molar-refractivity contribution in [1.29, 1.82) is 5.26 Å². The first-order valence-corrected chi connectivity index (χ1v) is 5.31. The molecule has 0 saturated heterocycles. The maximum absolute atomic E-state index is 11.6. The first kappa shape index (κ1) is 15.9. The van der Waals surface area contributed by atoms with Crippen LogP contribution in [0.3, 0.4) is 0 Å². The molecule has 0 aliphatic rings. The average molecular weight is 255 g/mol. The van der Waals surface area contributed by atoms with E-state index in [4.69, 9.17) is 5.26 Å². The highest BCUT2D eigenvalue weighted by Crippen LogP contribution is 2.12. The van der Waals surface area contributed by atoms with Gasteiger partial charge in [-0.05, 0) is 20.8 Å². The molecule has 1 atom stereocenters. The lowest BCUT2D eigenvalue weighted by Crippen LogP contribution is -2.49. The minimum absolute atomic E-state index is 0.267. The first-order chi connectivity index (χ1) is 8.24. The summed E-state index contributed by atoms with van der Waals surface area (Å²) in [6.07, 6.45) is 0. The van der Waals surface area contributed by atoms with Crippen LogP contribution in [0.1, 0.15) is 20.8 Å². The number of methoxy groups -OCH3 is 1. The molecule has 0 bridgehead atoms. The van der Waals surface area contributed by atoms with Crippen molar-refractivity contribution in [2.45, 2.75) is 26.8 Å². The van der Waals surface area contributed by atoms with Gasteiger partial charge in [0.05, 0.1) is 13.2 Å². The molecule has 100 valence electrons. The molecule has 7 nitrogen and oxygen atoms in total. The SMILES string of the molecule is COC(=O)CNC(=O)[C@@H](C)NC(=O)C(C)(C)C#N. The topological polar surface area (TPSA) is 108 Å². The predicted molar refractivity (Wildman–Crippen MR) is 62.0 cm³/mol. The fraction of sp³-hybridized carbons (Fsp3) is 0.636. The van der Waals surface area contributed by atoms with Gasteiger partial charge in [-0.15, -0.1) is 0 Å². The summed E-state index contributed by atoms with van der Waals surface area (Å²) in [6.45, 7) is 4.08. The van der Waals surface area contributed by atoms with Crippen LogP contribution in [0.4, 0.5) is 0 Å².